The number of carbonyl (C=O) groups excluding carboxylic acids is 1. The van der Waals surface area contributed by atoms with E-state index >= 15 is 0 Å². The molecule has 0 aliphatic carbocycles. The Morgan fingerprint density at radius 3 is 2.37 bits per heavy atom. The van der Waals surface area contributed by atoms with Crippen LogP contribution in [0.3, 0.4) is 0 Å². The van der Waals surface area contributed by atoms with E-state index in [4.69, 9.17) is 4.74 Å². The fourth-order valence-electron chi connectivity index (χ4n) is 3.05. The van der Waals surface area contributed by atoms with Crippen molar-refractivity contribution in [3.8, 4) is 23.1 Å². The highest BCUT2D eigenvalue weighted by Gasteiger charge is 2.18. The Bertz CT molecular complexity index is 1080. The summed E-state index contributed by atoms with van der Waals surface area (Å²) in [7, 11) is 1.62. The van der Waals surface area contributed by atoms with E-state index in [1.165, 1.54) is 11.8 Å². The predicted octanol–water partition coefficient (Wildman–Crippen LogP) is 5.37. The number of thioether (sulfide) groups is 1. The van der Waals surface area contributed by atoms with Gasteiger partial charge in [-0.15, -0.1) is 0 Å². The van der Waals surface area contributed by atoms with Gasteiger partial charge in [-0.25, -0.2) is 4.98 Å². The third-order valence-electron chi connectivity index (χ3n) is 4.51. The summed E-state index contributed by atoms with van der Waals surface area (Å²) in [6.07, 6.45) is 0. The Morgan fingerprint density at radius 2 is 1.77 bits per heavy atom. The molecule has 0 aliphatic rings. The number of benzene rings is 2. The minimum absolute atomic E-state index is 0.134. The molecule has 0 saturated carbocycles. The van der Waals surface area contributed by atoms with Crippen LogP contribution in [0.15, 0.2) is 59.6 Å². The highest BCUT2D eigenvalue weighted by atomic mass is 32.2. The second kappa shape index (κ2) is 9.47. The standard InChI is InChI=1S/C24H23N3O2S/c1-15-11-16(2)13-20(12-15)26-23(28)17(3)30-24-19(14-25)7-10-22(27-24)18-5-8-21(29-4)9-6-18/h5-13,17H,1-4H3,(H,26,28). The van der Waals surface area contributed by atoms with E-state index in [0.717, 1.165) is 33.8 Å². The number of rotatable bonds is 6. The third-order valence-corrected chi connectivity index (χ3v) is 5.62. The van der Waals surface area contributed by atoms with Gasteiger partial charge in [0.15, 0.2) is 0 Å². The fraction of sp³-hybridized carbons (Fsp3) is 0.208. The van der Waals surface area contributed by atoms with Crippen LogP contribution in [-0.2, 0) is 4.79 Å². The van der Waals surface area contributed by atoms with Crippen molar-refractivity contribution in [1.29, 1.82) is 5.26 Å². The van der Waals surface area contributed by atoms with Crippen molar-refractivity contribution in [2.24, 2.45) is 0 Å². The number of pyridine rings is 1. The van der Waals surface area contributed by atoms with Crippen molar-refractivity contribution in [1.82, 2.24) is 4.98 Å². The first kappa shape index (κ1) is 21.4. The van der Waals surface area contributed by atoms with Crippen molar-refractivity contribution in [3.05, 3.63) is 71.3 Å². The first-order chi connectivity index (χ1) is 14.4. The summed E-state index contributed by atoms with van der Waals surface area (Å²) in [6, 6.07) is 19.2. The number of anilines is 1. The average molecular weight is 418 g/mol. The molecule has 0 fully saturated rings. The van der Waals surface area contributed by atoms with Gasteiger partial charge in [0.1, 0.15) is 16.8 Å². The molecule has 152 valence electrons. The third kappa shape index (κ3) is 5.19. The van der Waals surface area contributed by atoms with E-state index in [1.54, 1.807) is 13.2 Å². The Hall–Kier alpha value is -3.30. The number of ether oxygens (including phenoxy) is 1. The molecule has 2 aromatic carbocycles. The largest absolute Gasteiger partial charge is 0.497 e. The zero-order valence-electron chi connectivity index (χ0n) is 17.4. The molecular weight excluding hydrogens is 394 g/mol. The molecule has 0 spiro atoms. The molecule has 0 aliphatic heterocycles. The first-order valence-corrected chi connectivity index (χ1v) is 10.4. The fourth-order valence-corrected chi connectivity index (χ4v) is 3.94. The summed E-state index contributed by atoms with van der Waals surface area (Å²) < 4.78 is 5.20. The van der Waals surface area contributed by atoms with Crippen molar-refractivity contribution in [2.45, 2.75) is 31.0 Å². The maximum atomic E-state index is 12.7. The Labute approximate surface area is 181 Å². The van der Waals surface area contributed by atoms with Crippen LogP contribution < -0.4 is 10.1 Å². The van der Waals surface area contributed by atoms with Crippen LogP contribution in [0.25, 0.3) is 11.3 Å². The van der Waals surface area contributed by atoms with Gasteiger partial charge in [-0.1, -0.05) is 17.8 Å². The summed E-state index contributed by atoms with van der Waals surface area (Å²) in [4.78, 5) is 17.4. The van der Waals surface area contributed by atoms with E-state index in [-0.39, 0.29) is 5.91 Å². The van der Waals surface area contributed by atoms with Gasteiger partial charge in [-0.2, -0.15) is 5.26 Å². The van der Waals surface area contributed by atoms with Crippen LogP contribution in [0.5, 0.6) is 5.75 Å². The number of nitrogens with zero attached hydrogens (tertiary/aromatic N) is 2. The molecule has 6 heteroatoms. The minimum atomic E-state index is -0.420. The molecule has 1 aromatic heterocycles. The summed E-state index contributed by atoms with van der Waals surface area (Å²) in [5, 5.41) is 12.5. The van der Waals surface area contributed by atoms with Crippen molar-refractivity contribution in [3.63, 3.8) is 0 Å². The van der Waals surface area contributed by atoms with Gasteiger partial charge in [0.2, 0.25) is 5.91 Å². The van der Waals surface area contributed by atoms with E-state index in [0.29, 0.717) is 10.6 Å². The summed E-state index contributed by atoms with van der Waals surface area (Å²) in [6.45, 7) is 5.80. The Kier molecular flexibility index (Phi) is 6.76. The van der Waals surface area contributed by atoms with Crippen LogP contribution in [0.2, 0.25) is 0 Å². The molecule has 5 nitrogen and oxygen atoms in total. The Morgan fingerprint density at radius 1 is 1.10 bits per heavy atom. The number of aryl methyl sites for hydroxylation is 2. The molecular formula is C24H23N3O2S. The van der Waals surface area contributed by atoms with Crippen LogP contribution in [0, 0.1) is 25.2 Å². The second-order valence-electron chi connectivity index (χ2n) is 7.02. The SMILES string of the molecule is COc1ccc(-c2ccc(C#N)c(SC(C)C(=O)Nc3cc(C)cc(C)c3)n2)cc1. The second-order valence-corrected chi connectivity index (χ2v) is 8.34. The molecule has 0 radical (unpaired) electrons. The summed E-state index contributed by atoms with van der Waals surface area (Å²) in [5.41, 5.74) is 5.04. The van der Waals surface area contributed by atoms with Crippen LogP contribution >= 0.6 is 11.8 Å². The maximum absolute atomic E-state index is 12.7. The van der Waals surface area contributed by atoms with E-state index in [1.807, 2.05) is 63.2 Å². The lowest BCUT2D eigenvalue weighted by molar-refractivity contribution is -0.115. The number of methoxy groups -OCH3 is 1. The van der Waals surface area contributed by atoms with Crippen LogP contribution in [0.1, 0.15) is 23.6 Å². The number of hydrogen-bond acceptors (Lipinski definition) is 5. The van der Waals surface area contributed by atoms with Crippen LogP contribution in [0.4, 0.5) is 5.69 Å². The average Bonchev–Trinajstić information content (AvgIpc) is 2.73. The number of hydrogen-bond donors (Lipinski definition) is 1. The zero-order valence-corrected chi connectivity index (χ0v) is 18.2. The lowest BCUT2D eigenvalue weighted by Crippen LogP contribution is -2.22. The number of aromatic nitrogens is 1. The minimum Gasteiger partial charge on any atom is -0.497 e. The molecule has 3 rings (SSSR count). The number of carbonyl (C=O) groups is 1. The summed E-state index contributed by atoms with van der Waals surface area (Å²) >= 11 is 1.28. The molecule has 0 bridgehead atoms. The van der Waals surface area contributed by atoms with Gasteiger partial charge < -0.3 is 10.1 Å². The first-order valence-electron chi connectivity index (χ1n) is 9.51. The number of nitriles is 1. The smallest absolute Gasteiger partial charge is 0.237 e. The van der Waals surface area contributed by atoms with Crippen molar-refractivity contribution < 1.29 is 9.53 Å². The zero-order chi connectivity index (χ0) is 21.7. The van der Waals surface area contributed by atoms with E-state index in [2.05, 4.69) is 22.4 Å². The number of nitrogens with one attached hydrogen (secondary N) is 1. The lowest BCUT2D eigenvalue weighted by Gasteiger charge is -2.14. The van der Waals surface area contributed by atoms with Gasteiger partial charge in [0, 0.05) is 11.3 Å². The molecule has 1 atom stereocenters. The molecule has 1 N–H and O–H groups in total. The lowest BCUT2D eigenvalue weighted by atomic mass is 10.1. The molecule has 1 unspecified atom stereocenters. The van der Waals surface area contributed by atoms with Crippen molar-refractivity contribution in [2.75, 3.05) is 12.4 Å². The maximum Gasteiger partial charge on any atom is 0.237 e. The molecule has 3 aromatic rings. The van der Waals surface area contributed by atoms with Gasteiger partial charge >= 0.3 is 0 Å². The van der Waals surface area contributed by atoms with Gasteiger partial charge in [-0.05, 0) is 80.4 Å². The highest BCUT2D eigenvalue weighted by Crippen LogP contribution is 2.29. The summed E-state index contributed by atoms with van der Waals surface area (Å²) in [5.74, 6) is 0.629. The van der Waals surface area contributed by atoms with Crippen LogP contribution in [-0.4, -0.2) is 23.3 Å². The van der Waals surface area contributed by atoms with E-state index < -0.39 is 5.25 Å². The molecule has 1 amide bonds. The predicted molar refractivity (Wildman–Crippen MR) is 121 cm³/mol. The Balaban J connectivity index is 1.79. The molecule has 0 saturated heterocycles. The highest BCUT2D eigenvalue weighted by molar-refractivity contribution is 8.00. The van der Waals surface area contributed by atoms with Crippen molar-refractivity contribution >= 4 is 23.4 Å². The normalized spacial score (nSPS) is 11.4. The van der Waals surface area contributed by atoms with Gasteiger partial charge in [0.05, 0.1) is 23.6 Å². The van der Waals surface area contributed by atoms with Gasteiger partial charge in [0.25, 0.3) is 0 Å². The quantitative estimate of drug-likeness (QED) is 0.546. The topological polar surface area (TPSA) is 75.0 Å². The molecule has 1 heterocycles. The monoisotopic (exact) mass is 417 g/mol. The van der Waals surface area contributed by atoms with Gasteiger partial charge in [-0.3, -0.25) is 4.79 Å². The molecule has 30 heavy (non-hydrogen) atoms. The number of amides is 1. The van der Waals surface area contributed by atoms with E-state index in [9.17, 15) is 10.1 Å².